The van der Waals surface area contributed by atoms with E-state index in [1.165, 1.54) is 0 Å². The zero-order valence-corrected chi connectivity index (χ0v) is 19.2. The van der Waals surface area contributed by atoms with Gasteiger partial charge in [0.25, 0.3) is 0 Å². The minimum absolute atomic E-state index is 0.265. The van der Waals surface area contributed by atoms with Gasteiger partial charge < -0.3 is 4.74 Å². The molecule has 0 radical (unpaired) electrons. The predicted molar refractivity (Wildman–Crippen MR) is 121 cm³/mol. The Hall–Kier alpha value is -3.17. The molecule has 3 fully saturated rings. The van der Waals surface area contributed by atoms with Crippen molar-refractivity contribution in [2.45, 2.75) is 56.8 Å². The topological polar surface area (TPSA) is 104 Å². The number of ether oxygens (including phenoxy) is 1. The first kappa shape index (κ1) is 21.4. The van der Waals surface area contributed by atoms with Gasteiger partial charge in [0.05, 0.1) is 11.4 Å². The number of aromatic nitrogens is 3. The van der Waals surface area contributed by atoms with Crippen molar-refractivity contribution >= 4 is 22.7 Å². The first-order chi connectivity index (χ1) is 16.3. The van der Waals surface area contributed by atoms with Gasteiger partial charge >= 0.3 is 0 Å². The van der Waals surface area contributed by atoms with Crippen LogP contribution in [0.5, 0.6) is 0 Å². The molecule has 2 amide bonds. The molecule has 0 bridgehead atoms. The van der Waals surface area contributed by atoms with Crippen LogP contribution in [0, 0.1) is 12.7 Å². The number of hydrogen-bond acceptors (Lipinski definition) is 6. The average molecular weight is 464 g/mol. The number of halogens is 1. The smallest absolute Gasteiger partial charge is 0.234 e. The zero-order chi connectivity index (χ0) is 23.7. The minimum atomic E-state index is -0.671. The zero-order valence-electron chi connectivity index (χ0n) is 19.2. The van der Waals surface area contributed by atoms with Crippen molar-refractivity contribution in [1.82, 2.24) is 25.4 Å². The van der Waals surface area contributed by atoms with Gasteiger partial charge in [0.15, 0.2) is 0 Å². The Morgan fingerprint density at radius 1 is 1.29 bits per heavy atom. The molecule has 176 valence electrons. The van der Waals surface area contributed by atoms with Crippen LogP contribution in [-0.2, 0) is 26.5 Å². The lowest BCUT2D eigenvalue weighted by atomic mass is 9.80. The molecule has 5 heterocycles. The summed E-state index contributed by atoms with van der Waals surface area (Å²) in [5.74, 6) is -1.48. The summed E-state index contributed by atoms with van der Waals surface area (Å²) in [6.45, 7) is 6.07. The Bertz CT molecular complexity index is 1330. The quantitative estimate of drug-likeness (QED) is 0.456. The van der Waals surface area contributed by atoms with Crippen molar-refractivity contribution in [3.05, 3.63) is 58.8 Å². The molecule has 2 aromatic heterocycles. The van der Waals surface area contributed by atoms with Gasteiger partial charge in [-0.1, -0.05) is 6.07 Å². The normalized spacial score (nSPS) is 29.2. The Morgan fingerprint density at radius 3 is 2.88 bits per heavy atom. The third kappa shape index (κ3) is 3.18. The molecule has 3 aliphatic heterocycles. The summed E-state index contributed by atoms with van der Waals surface area (Å²) >= 11 is 0. The first-order valence-electron chi connectivity index (χ1n) is 11.6. The van der Waals surface area contributed by atoms with E-state index < -0.39 is 17.1 Å². The Balaban J connectivity index is 1.33. The van der Waals surface area contributed by atoms with Crippen molar-refractivity contribution in [3.63, 3.8) is 0 Å². The second-order valence-corrected chi connectivity index (χ2v) is 9.86. The summed E-state index contributed by atoms with van der Waals surface area (Å²) in [7, 11) is 0. The molecular formula is C25H26FN5O3. The van der Waals surface area contributed by atoms with Crippen LogP contribution < -0.4 is 5.32 Å². The van der Waals surface area contributed by atoms with Gasteiger partial charge in [0, 0.05) is 54.6 Å². The molecule has 2 N–H and O–H groups in total. The van der Waals surface area contributed by atoms with E-state index in [-0.39, 0.29) is 24.1 Å². The number of imide groups is 1. The molecule has 0 saturated carbocycles. The van der Waals surface area contributed by atoms with Crippen LogP contribution in [0.2, 0.25) is 0 Å². The number of carbonyl (C=O) groups is 2. The number of pyridine rings is 1. The maximum absolute atomic E-state index is 16.0. The number of H-pyrrole nitrogens is 1. The summed E-state index contributed by atoms with van der Waals surface area (Å²) in [5.41, 5.74) is 2.32. The lowest BCUT2D eigenvalue weighted by Gasteiger charge is -2.32. The highest BCUT2D eigenvalue weighted by Gasteiger charge is 2.70. The summed E-state index contributed by atoms with van der Waals surface area (Å²) in [5, 5.41) is 9.78. The van der Waals surface area contributed by atoms with Crippen molar-refractivity contribution in [1.29, 1.82) is 0 Å². The van der Waals surface area contributed by atoms with Crippen molar-refractivity contribution in [2.75, 3.05) is 13.1 Å². The van der Waals surface area contributed by atoms with E-state index in [1.807, 2.05) is 26.0 Å². The minimum Gasteiger partial charge on any atom is -0.356 e. The number of nitrogens with one attached hydrogen (secondary N) is 2. The number of aryl methyl sites for hydroxylation is 1. The SMILES string of the molecule is Cc1nc2ccc(C34CCN(Cc5ccn[nH]5)CC3(C)O4)c(F)c2cc1C1CCC(=O)NC1=O. The number of likely N-dealkylation sites (tertiary alicyclic amines) is 1. The number of carbonyl (C=O) groups excluding carboxylic acids is 2. The second kappa shape index (κ2) is 7.41. The van der Waals surface area contributed by atoms with Gasteiger partial charge in [-0.05, 0) is 50.5 Å². The van der Waals surface area contributed by atoms with E-state index in [9.17, 15) is 9.59 Å². The lowest BCUT2D eigenvalue weighted by Crippen LogP contribution is -2.44. The van der Waals surface area contributed by atoms with Crippen LogP contribution in [0.15, 0.2) is 30.5 Å². The fraction of sp³-hybridized carbons (Fsp3) is 0.440. The van der Waals surface area contributed by atoms with E-state index in [4.69, 9.17) is 4.74 Å². The van der Waals surface area contributed by atoms with Gasteiger partial charge in [-0.15, -0.1) is 0 Å². The first-order valence-corrected chi connectivity index (χ1v) is 11.6. The lowest BCUT2D eigenvalue weighted by molar-refractivity contribution is -0.134. The highest BCUT2D eigenvalue weighted by Crippen LogP contribution is 2.61. The monoisotopic (exact) mass is 463 g/mol. The maximum Gasteiger partial charge on any atom is 0.234 e. The molecule has 8 nitrogen and oxygen atoms in total. The number of hydrogen-bond donors (Lipinski definition) is 2. The second-order valence-electron chi connectivity index (χ2n) is 9.86. The van der Waals surface area contributed by atoms with Gasteiger partial charge in [-0.25, -0.2) is 4.39 Å². The van der Waals surface area contributed by atoms with E-state index in [0.29, 0.717) is 47.1 Å². The summed E-state index contributed by atoms with van der Waals surface area (Å²) in [6, 6.07) is 7.32. The molecule has 9 heteroatoms. The number of rotatable bonds is 4. The van der Waals surface area contributed by atoms with Crippen LogP contribution in [0.1, 0.15) is 54.6 Å². The number of epoxide rings is 1. The van der Waals surface area contributed by atoms with E-state index in [0.717, 1.165) is 18.8 Å². The summed E-state index contributed by atoms with van der Waals surface area (Å²) < 4.78 is 22.3. The van der Waals surface area contributed by atoms with Crippen LogP contribution in [0.4, 0.5) is 4.39 Å². The van der Waals surface area contributed by atoms with Crippen molar-refractivity contribution in [3.8, 4) is 0 Å². The molecule has 0 aliphatic carbocycles. The average Bonchev–Trinajstić information content (AvgIpc) is 3.11. The van der Waals surface area contributed by atoms with E-state index in [1.54, 1.807) is 18.3 Å². The summed E-state index contributed by atoms with van der Waals surface area (Å²) in [6.07, 6.45) is 3.08. The number of nitrogens with zero attached hydrogens (tertiary/aromatic N) is 3. The van der Waals surface area contributed by atoms with Gasteiger partial charge in [-0.2, -0.15) is 5.10 Å². The van der Waals surface area contributed by atoms with E-state index >= 15 is 4.39 Å². The van der Waals surface area contributed by atoms with E-state index in [2.05, 4.69) is 25.4 Å². The third-order valence-electron chi connectivity index (χ3n) is 7.68. The summed E-state index contributed by atoms with van der Waals surface area (Å²) in [4.78, 5) is 30.9. The molecule has 1 aromatic carbocycles. The fourth-order valence-corrected chi connectivity index (χ4v) is 5.86. The highest BCUT2D eigenvalue weighted by atomic mass is 19.1. The Kier molecular flexibility index (Phi) is 4.66. The predicted octanol–water partition coefficient (Wildman–Crippen LogP) is 2.82. The van der Waals surface area contributed by atoms with Gasteiger partial charge in [0.1, 0.15) is 17.0 Å². The largest absolute Gasteiger partial charge is 0.356 e. The Labute approximate surface area is 195 Å². The molecule has 3 unspecified atom stereocenters. The number of aromatic amines is 1. The highest BCUT2D eigenvalue weighted by molar-refractivity contribution is 6.01. The standard InChI is InChI=1S/C25H26FN5O3/c1-14-17(16-3-6-21(32)29-23(16)33)11-18-20(28-14)5-4-19(22(18)26)25-8-10-31(13-24(25,2)34-25)12-15-7-9-27-30-15/h4-5,7,9,11,16H,3,6,8,10,12-13H2,1-2H3,(H,27,30)(H,29,32,33). The molecule has 6 rings (SSSR count). The number of amides is 2. The number of piperidine rings is 2. The van der Waals surface area contributed by atoms with Crippen LogP contribution in [0.25, 0.3) is 10.9 Å². The molecule has 3 saturated heterocycles. The van der Waals surface area contributed by atoms with Gasteiger partial charge in [0.2, 0.25) is 11.8 Å². The third-order valence-corrected chi connectivity index (χ3v) is 7.68. The van der Waals surface area contributed by atoms with Crippen LogP contribution in [-0.4, -0.2) is 50.6 Å². The van der Waals surface area contributed by atoms with Crippen molar-refractivity contribution < 1.29 is 18.7 Å². The molecular weight excluding hydrogens is 437 g/mol. The molecule has 3 aromatic rings. The fourth-order valence-electron chi connectivity index (χ4n) is 5.86. The number of benzene rings is 1. The Morgan fingerprint density at radius 2 is 2.15 bits per heavy atom. The number of fused-ring (bicyclic) bond motifs is 2. The van der Waals surface area contributed by atoms with Crippen LogP contribution >= 0.6 is 0 Å². The molecule has 34 heavy (non-hydrogen) atoms. The van der Waals surface area contributed by atoms with Crippen molar-refractivity contribution in [2.24, 2.45) is 0 Å². The molecule has 0 spiro atoms. The molecule has 3 atom stereocenters. The van der Waals surface area contributed by atoms with Gasteiger partial charge in [-0.3, -0.25) is 29.9 Å². The van der Waals surface area contributed by atoms with Crippen LogP contribution in [0.3, 0.4) is 0 Å². The maximum atomic E-state index is 16.0. The molecule has 3 aliphatic rings.